The first kappa shape index (κ1) is 61.4. The van der Waals surface area contributed by atoms with Crippen LogP contribution in [0.1, 0.15) is 73.0 Å². The van der Waals surface area contributed by atoms with Gasteiger partial charge in [0.05, 0.1) is 37.7 Å². The highest BCUT2D eigenvalue weighted by molar-refractivity contribution is 7.21. The number of pyridine rings is 2. The third-order valence-electron chi connectivity index (χ3n) is 10.9. The number of fused-ring (bicyclic) bond motifs is 2. The Morgan fingerprint density at radius 1 is 0.571 bits per heavy atom. The maximum absolute atomic E-state index is 13.8. The average molecular weight is 1110 g/mol. The van der Waals surface area contributed by atoms with Gasteiger partial charge in [-0.3, -0.25) is 14.8 Å². The first-order valence-electron chi connectivity index (χ1n) is 23.1. The third-order valence-corrected chi connectivity index (χ3v) is 13.4. The molecule has 0 fully saturated rings. The molecule has 0 saturated carbocycles. The van der Waals surface area contributed by atoms with E-state index in [1.54, 1.807) is 19.9 Å². The number of aromatic nitrogens is 2. The number of ether oxygens (including phenoxy) is 4. The van der Waals surface area contributed by atoms with Gasteiger partial charge >= 0.3 is 30.1 Å². The van der Waals surface area contributed by atoms with Crippen LogP contribution in [0, 0.1) is 25.5 Å². The number of carbonyl (C=O) groups excluding carboxylic acids is 5. The molecule has 0 aliphatic rings. The van der Waals surface area contributed by atoms with E-state index in [9.17, 15) is 37.5 Å². The van der Waals surface area contributed by atoms with Gasteiger partial charge in [-0.25, -0.2) is 32.8 Å². The summed E-state index contributed by atoms with van der Waals surface area (Å²) in [4.78, 5) is 81.0. The van der Waals surface area contributed by atoms with Crippen molar-refractivity contribution in [2.45, 2.75) is 72.6 Å². The molecule has 0 unspecified atom stereocenters. The molecule has 2 amide bonds. The second-order valence-electron chi connectivity index (χ2n) is 16.3. The number of amides is 2. The molecule has 8 rings (SSSR count). The number of rotatable bonds is 18. The van der Waals surface area contributed by atoms with E-state index in [-0.39, 0.29) is 76.3 Å². The summed E-state index contributed by atoms with van der Waals surface area (Å²) in [7, 11) is 0. The molecule has 16 nitrogen and oxygen atoms in total. The molecular formula is C56H56ClF2N5O11S2. The van der Waals surface area contributed by atoms with E-state index < -0.39 is 53.8 Å². The number of carboxylic acids is 1. The Kier molecular flexibility index (Phi) is 24.7. The molecule has 0 saturated heterocycles. The van der Waals surface area contributed by atoms with Crippen molar-refractivity contribution in [1.29, 1.82) is 0 Å². The predicted octanol–water partition coefficient (Wildman–Crippen LogP) is 11.2. The first-order valence-corrected chi connectivity index (χ1v) is 24.7. The molecule has 404 valence electrons. The SMILES string of the molecule is C.Cc1c(F)cnc2cc(C(=O)CC[C@@H](NC(=O)OCc3ccccc3)C(=O)OCc3ccccc3)sc12.Cc1c(F)cnc2cc(C(=O)O)sc12.Cl.NC[C@@H](NC(=O)OCc1ccccc1)C(=O)OCc1ccccc1. The zero-order valence-electron chi connectivity index (χ0n) is 40.9. The summed E-state index contributed by atoms with van der Waals surface area (Å²) < 4.78 is 49.0. The molecule has 5 N–H and O–H groups in total. The van der Waals surface area contributed by atoms with Crippen LogP contribution in [0.25, 0.3) is 20.4 Å². The number of thiophene rings is 2. The van der Waals surface area contributed by atoms with Gasteiger partial charge in [0.15, 0.2) is 5.78 Å². The molecule has 0 aliphatic carbocycles. The van der Waals surface area contributed by atoms with Gasteiger partial charge in [-0.05, 0) is 54.7 Å². The van der Waals surface area contributed by atoms with Crippen LogP contribution >= 0.6 is 35.1 Å². The molecule has 8 aromatic rings. The molecule has 21 heteroatoms. The van der Waals surface area contributed by atoms with E-state index in [2.05, 4.69) is 20.6 Å². The normalized spacial score (nSPS) is 11.1. The Balaban J connectivity index is 0.000000274. The fourth-order valence-corrected chi connectivity index (χ4v) is 8.75. The van der Waals surface area contributed by atoms with Crippen LogP contribution in [0.2, 0.25) is 0 Å². The van der Waals surface area contributed by atoms with Gasteiger partial charge in [-0.2, -0.15) is 0 Å². The molecule has 4 aromatic carbocycles. The number of nitrogens with one attached hydrogen (secondary N) is 2. The van der Waals surface area contributed by atoms with E-state index in [1.807, 2.05) is 121 Å². The fourth-order valence-electron chi connectivity index (χ4n) is 6.73. The van der Waals surface area contributed by atoms with E-state index >= 15 is 0 Å². The maximum Gasteiger partial charge on any atom is 0.408 e. The van der Waals surface area contributed by atoms with Crippen LogP contribution in [0.4, 0.5) is 18.4 Å². The number of hydrogen-bond acceptors (Lipinski definition) is 15. The van der Waals surface area contributed by atoms with E-state index in [1.165, 1.54) is 6.07 Å². The number of alkyl carbamates (subject to hydrolysis) is 2. The van der Waals surface area contributed by atoms with Gasteiger partial charge in [0, 0.05) is 24.1 Å². The summed E-state index contributed by atoms with van der Waals surface area (Å²) in [5.74, 6) is -3.37. The fraction of sp³-hybridized carbons (Fsp3) is 0.214. The molecule has 4 heterocycles. The average Bonchev–Trinajstić information content (AvgIpc) is 4.09. The third kappa shape index (κ3) is 18.9. The van der Waals surface area contributed by atoms with Crippen LogP contribution < -0.4 is 16.4 Å². The molecule has 4 aromatic heterocycles. The first-order chi connectivity index (χ1) is 36.2. The zero-order valence-corrected chi connectivity index (χ0v) is 43.4. The van der Waals surface area contributed by atoms with Gasteiger partial charge in [0.25, 0.3) is 0 Å². The predicted molar refractivity (Wildman–Crippen MR) is 292 cm³/mol. The van der Waals surface area contributed by atoms with E-state index in [0.717, 1.165) is 57.3 Å². The monoisotopic (exact) mass is 1110 g/mol. The number of hydrogen-bond donors (Lipinski definition) is 4. The zero-order chi connectivity index (χ0) is 53.7. The standard InChI is InChI=1S/C28H25FN2O5S.C18H20N2O4.C9H6FNO2S.CH4.ClH/c1-18-21(29)15-30-23-14-25(37-26(18)23)24(32)13-12-22(27(33)35-16-19-8-4-2-5-9-19)31-28(34)36-17-20-10-6-3-7-11-20;19-11-16(17(21)23-12-14-7-3-1-4-8-14)20-18(22)24-13-15-9-5-2-6-10-15;1-4-5(10)3-11-6-2-7(9(12)13)14-8(4)6;;/h2-11,14-15,22H,12-13,16-17H2,1H3,(H,31,34);1-10,16H,11-13,19H2,(H,20,22);2-3H,1H3,(H,12,13);1H4;1H/t22-;16-;;;/m11.../s1. The summed E-state index contributed by atoms with van der Waals surface area (Å²) >= 11 is 2.20. The second-order valence-corrected chi connectivity index (χ2v) is 18.4. The highest BCUT2D eigenvalue weighted by atomic mass is 35.5. The van der Waals surface area contributed by atoms with Gasteiger partial charge < -0.3 is 40.4 Å². The molecule has 0 aliphatic heterocycles. The van der Waals surface area contributed by atoms with Crippen LogP contribution in [0.3, 0.4) is 0 Å². The van der Waals surface area contributed by atoms with Gasteiger partial charge in [0.1, 0.15) is 55.0 Å². The summed E-state index contributed by atoms with van der Waals surface area (Å²) in [6.45, 7) is 3.46. The minimum absolute atomic E-state index is 0. The lowest BCUT2D eigenvalue weighted by molar-refractivity contribution is -0.148. The lowest BCUT2D eigenvalue weighted by Crippen LogP contribution is -2.46. The van der Waals surface area contributed by atoms with Crippen LogP contribution in [0.15, 0.2) is 146 Å². The Labute approximate surface area is 457 Å². The van der Waals surface area contributed by atoms with Crippen molar-refractivity contribution in [1.82, 2.24) is 20.6 Å². The van der Waals surface area contributed by atoms with Crippen LogP contribution in [-0.4, -0.2) is 69.6 Å². The van der Waals surface area contributed by atoms with Crippen molar-refractivity contribution < 1.29 is 61.6 Å². The van der Waals surface area contributed by atoms with Crippen LogP contribution in [0.5, 0.6) is 0 Å². The summed E-state index contributed by atoms with van der Waals surface area (Å²) in [5.41, 5.74) is 10.8. The minimum Gasteiger partial charge on any atom is -0.477 e. The van der Waals surface area contributed by atoms with E-state index in [4.69, 9.17) is 29.8 Å². The van der Waals surface area contributed by atoms with E-state index in [0.29, 0.717) is 36.4 Å². The van der Waals surface area contributed by atoms with Crippen molar-refractivity contribution in [3.63, 3.8) is 0 Å². The van der Waals surface area contributed by atoms with Crippen molar-refractivity contribution >= 4 is 91.4 Å². The molecule has 77 heavy (non-hydrogen) atoms. The molecule has 0 radical (unpaired) electrons. The highest BCUT2D eigenvalue weighted by Crippen LogP contribution is 2.30. The number of Topliss-reactive ketones (excluding diaryl/α,β-unsaturated/α-hetero) is 1. The lowest BCUT2D eigenvalue weighted by atomic mass is 10.1. The Morgan fingerprint density at radius 2 is 0.922 bits per heavy atom. The van der Waals surface area contributed by atoms with Crippen molar-refractivity contribution in [2.75, 3.05) is 6.54 Å². The number of carboxylic acid groups (broad SMARTS) is 1. The van der Waals surface area contributed by atoms with Gasteiger partial charge in [-0.15, -0.1) is 35.1 Å². The number of carbonyl (C=O) groups is 6. The smallest absolute Gasteiger partial charge is 0.408 e. The summed E-state index contributed by atoms with van der Waals surface area (Å²) in [6.07, 6.45) is 0.680. The Bertz CT molecular complexity index is 3210. The van der Waals surface area contributed by atoms with Crippen molar-refractivity contribution in [3.05, 3.63) is 201 Å². The molecule has 2 atom stereocenters. The number of aromatic carboxylic acids is 1. The maximum atomic E-state index is 13.8. The largest absolute Gasteiger partial charge is 0.477 e. The van der Waals surface area contributed by atoms with Gasteiger partial charge in [0.2, 0.25) is 0 Å². The summed E-state index contributed by atoms with van der Waals surface area (Å²) in [5, 5.41) is 13.7. The number of esters is 2. The molecule has 0 spiro atoms. The number of benzene rings is 4. The molecule has 0 bridgehead atoms. The molecular weight excluding hydrogens is 1060 g/mol. The number of ketones is 1. The lowest BCUT2D eigenvalue weighted by Gasteiger charge is -2.17. The number of nitrogens with zero attached hydrogens (tertiary/aromatic N) is 2. The number of aryl methyl sites for hydroxylation is 2. The van der Waals surface area contributed by atoms with Crippen molar-refractivity contribution in [2.24, 2.45) is 5.73 Å². The van der Waals surface area contributed by atoms with Crippen molar-refractivity contribution in [3.8, 4) is 0 Å². The second kappa shape index (κ2) is 31.0. The number of nitrogens with two attached hydrogens (primary N) is 1. The van der Waals surface area contributed by atoms with Crippen LogP contribution in [-0.2, 0) is 55.0 Å². The van der Waals surface area contributed by atoms with Gasteiger partial charge in [-0.1, -0.05) is 129 Å². The Morgan fingerprint density at radius 3 is 1.31 bits per heavy atom. The topological polar surface area (TPSA) is 235 Å². The summed E-state index contributed by atoms with van der Waals surface area (Å²) in [6, 6.07) is 37.8. The number of halogens is 3. The minimum atomic E-state index is -1.09. The Hall–Kier alpha value is -8.17. The quantitative estimate of drug-likeness (QED) is 0.0355. The highest BCUT2D eigenvalue weighted by Gasteiger charge is 2.26.